The minimum atomic E-state index is -0.912. The molecule has 1 unspecified atom stereocenters. The first kappa shape index (κ1) is 12.3. The number of hydrogen-bond donors (Lipinski definition) is 1. The predicted molar refractivity (Wildman–Crippen MR) is 72.4 cm³/mol. The monoisotopic (exact) mass is 275 g/mol. The van der Waals surface area contributed by atoms with Crippen molar-refractivity contribution in [2.24, 2.45) is 0 Å². The van der Waals surface area contributed by atoms with Gasteiger partial charge in [-0.25, -0.2) is 9.78 Å². The number of aromatic nitrogens is 1. The molecule has 0 bridgehead atoms. The molecule has 1 aromatic heterocycles. The number of thiazole rings is 1. The summed E-state index contributed by atoms with van der Waals surface area (Å²) in [6.45, 7) is 0.812. The van der Waals surface area contributed by atoms with E-state index in [1.54, 1.807) is 35.6 Å². The van der Waals surface area contributed by atoms with E-state index in [9.17, 15) is 4.79 Å². The molecule has 2 heterocycles. The fraction of sp³-hybridized carbons (Fsp3) is 0.286. The second kappa shape index (κ2) is 5.11. The number of carboxylic acid groups (broad SMARTS) is 1. The Kier molecular flexibility index (Phi) is 3.31. The van der Waals surface area contributed by atoms with Crippen LogP contribution in [0.1, 0.15) is 34.3 Å². The van der Waals surface area contributed by atoms with Crippen LogP contribution in [-0.4, -0.2) is 22.7 Å². The summed E-state index contributed by atoms with van der Waals surface area (Å²) >= 11 is 1.60. The normalized spacial score (nSPS) is 18.6. The molecule has 98 valence electrons. The largest absolute Gasteiger partial charge is 0.478 e. The molecule has 1 saturated heterocycles. The van der Waals surface area contributed by atoms with Crippen molar-refractivity contribution in [3.8, 4) is 11.3 Å². The molecular formula is C14H13NO3S. The molecule has 1 N–H and O–H groups in total. The van der Waals surface area contributed by atoms with Crippen molar-refractivity contribution in [1.82, 2.24) is 4.98 Å². The number of ether oxygens (including phenoxy) is 1. The third-order valence-corrected chi connectivity index (χ3v) is 4.09. The van der Waals surface area contributed by atoms with Crippen molar-refractivity contribution in [3.05, 3.63) is 40.2 Å². The molecule has 1 fully saturated rings. The van der Waals surface area contributed by atoms with Crippen LogP contribution in [0.3, 0.4) is 0 Å². The Bertz CT molecular complexity index is 585. The molecule has 0 radical (unpaired) electrons. The molecule has 0 aliphatic carbocycles. The summed E-state index contributed by atoms with van der Waals surface area (Å²) in [6.07, 6.45) is 2.26. The van der Waals surface area contributed by atoms with Crippen LogP contribution < -0.4 is 0 Å². The SMILES string of the molecule is O=C(O)c1ccc(-c2csc(C3CCCO3)n2)cc1. The van der Waals surface area contributed by atoms with E-state index in [4.69, 9.17) is 9.84 Å². The van der Waals surface area contributed by atoms with Gasteiger partial charge in [0.25, 0.3) is 0 Å². The van der Waals surface area contributed by atoms with Crippen LogP contribution in [-0.2, 0) is 4.74 Å². The van der Waals surface area contributed by atoms with E-state index in [1.165, 1.54) is 0 Å². The minimum absolute atomic E-state index is 0.136. The summed E-state index contributed by atoms with van der Waals surface area (Å²) in [5.41, 5.74) is 2.11. The molecule has 19 heavy (non-hydrogen) atoms. The van der Waals surface area contributed by atoms with Gasteiger partial charge in [0, 0.05) is 17.6 Å². The lowest BCUT2D eigenvalue weighted by Crippen LogP contribution is -1.96. The molecular weight excluding hydrogens is 262 g/mol. The molecule has 1 aliphatic rings. The molecule has 0 amide bonds. The van der Waals surface area contributed by atoms with Gasteiger partial charge >= 0.3 is 5.97 Å². The van der Waals surface area contributed by atoms with Crippen molar-refractivity contribution in [1.29, 1.82) is 0 Å². The fourth-order valence-electron chi connectivity index (χ4n) is 2.12. The van der Waals surface area contributed by atoms with Crippen LogP contribution in [0, 0.1) is 0 Å². The summed E-state index contributed by atoms with van der Waals surface area (Å²) in [4.78, 5) is 15.4. The maximum absolute atomic E-state index is 10.8. The Morgan fingerprint density at radius 1 is 1.37 bits per heavy atom. The van der Waals surface area contributed by atoms with Gasteiger partial charge in [0.1, 0.15) is 11.1 Å². The molecule has 5 heteroatoms. The quantitative estimate of drug-likeness (QED) is 0.933. The third kappa shape index (κ3) is 2.52. The van der Waals surface area contributed by atoms with E-state index >= 15 is 0 Å². The molecule has 1 aliphatic heterocycles. The first-order chi connectivity index (χ1) is 9.24. The summed E-state index contributed by atoms with van der Waals surface area (Å²) in [5.74, 6) is -0.912. The van der Waals surface area contributed by atoms with Crippen LogP contribution in [0.5, 0.6) is 0 Å². The van der Waals surface area contributed by atoms with Crippen LogP contribution in [0.25, 0.3) is 11.3 Å². The molecule has 1 atom stereocenters. The standard InChI is InChI=1S/C14H13NO3S/c16-14(17)10-5-3-9(4-6-10)11-8-19-13(15-11)12-2-1-7-18-12/h3-6,8,12H,1-2,7H2,(H,16,17). The van der Waals surface area contributed by atoms with Gasteiger partial charge in [-0.3, -0.25) is 0 Å². The van der Waals surface area contributed by atoms with Crippen LogP contribution >= 0.6 is 11.3 Å². The van der Waals surface area contributed by atoms with Crippen molar-refractivity contribution < 1.29 is 14.6 Å². The second-order valence-electron chi connectivity index (χ2n) is 4.46. The third-order valence-electron chi connectivity index (χ3n) is 3.15. The van der Waals surface area contributed by atoms with Gasteiger partial charge in [-0.2, -0.15) is 0 Å². The number of rotatable bonds is 3. The lowest BCUT2D eigenvalue weighted by atomic mass is 10.1. The zero-order valence-electron chi connectivity index (χ0n) is 10.2. The molecule has 4 nitrogen and oxygen atoms in total. The molecule has 0 spiro atoms. The average molecular weight is 275 g/mol. The Balaban J connectivity index is 1.83. The summed E-state index contributed by atoms with van der Waals surface area (Å²) in [6, 6.07) is 6.78. The first-order valence-electron chi connectivity index (χ1n) is 6.15. The van der Waals surface area contributed by atoms with Crippen LogP contribution in [0.4, 0.5) is 0 Å². The number of hydrogen-bond acceptors (Lipinski definition) is 4. The van der Waals surface area contributed by atoms with Gasteiger partial charge in [-0.15, -0.1) is 11.3 Å². The van der Waals surface area contributed by atoms with Gasteiger partial charge in [0.05, 0.1) is 11.3 Å². The molecule has 1 aromatic carbocycles. The van der Waals surface area contributed by atoms with E-state index in [1.807, 2.05) is 5.38 Å². The number of benzene rings is 1. The Morgan fingerprint density at radius 2 is 2.16 bits per heavy atom. The van der Waals surface area contributed by atoms with E-state index < -0.39 is 5.97 Å². The highest BCUT2D eigenvalue weighted by atomic mass is 32.1. The summed E-state index contributed by atoms with van der Waals surface area (Å²) in [7, 11) is 0. The minimum Gasteiger partial charge on any atom is -0.478 e. The highest BCUT2D eigenvalue weighted by molar-refractivity contribution is 7.10. The van der Waals surface area contributed by atoms with Crippen molar-refractivity contribution in [2.75, 3.05) is 6.61 Å². The molecule has 0 saturated carbocycles. The first-order valence-corrected chi connectivity index (χ1v) is 7.03. The predicted octanol–water partition coefficient (Wildman–Crippen LogP) is 3.36. The highest BCUT2D eigenvalue weighted by Crippen LogP contribution is 2.33. The van der Waals surface area contributed by atoms with Crippen LogP contribution in [0.15, 0.2) is 29.6 Å². The maximum Gasteiger partial charge on any atom is 0.335 e. The van der Waals surface area contributed by atoms with Gasteiger partial charge < -0.3 is 9.84 Å². The zero-order valence-corrected chi connectivity index (χ0v) is 11.0. The molecule has 3 rings (SSSR count). The lowest BCUT2D eigenvalue weighted by molar-refractivity contribution is 0.0697. The van der Waals surface area contributed by atoms with E-state index in [-0.39, 0.29) is 6.10 Å². The number of nitrogens with zero attached hydrogens (tertiary/aromatic N) is 1. The Labute approximate surface area is 114 Å². The van der Waals surface area contributed by atoms with Gasteiger partial charge in [-0.1, -0.05) is 12.1 Å². The van der Waals surface area contributed by atoms with Crippen molar-refractivity contribution >= 4 is 17.3 Å². The van der Waals surface area contributed by atoms with E-state index in [0.29, 0.717) is 5.56 Å². The number of aromatic carboxylic acids is 1. The van der Waals surface area contributed by atoms with Gasteiger partial charge in [0.2, 0.25) is 0 Å². The van der Waals surface area contributed by atoms with Gasteiger partial charge in [-0.05, 0) is 25.0 Å². The fourth-order valence-corrected chi connectivity index (χ4v) is 3.03. The smallest absolute Gasteiger partial charge is 0.335 e. The average Bonchev–Trinajstić information content (AvgIpc) is 3.10. The van der Waals surface area contributed by atoms with E-state index in [2.05, 4.69) is 4.98 Å². The summed E-state index contributed by atoms with van der Waals surface area (Å²) in [5, 5.41) is 11.9. The van der Waals surface area contributed by atoms with E-state index in [0.717, 1.165) is 35.7 Å². The lowest BCUT2D eigenvalue weighted by Gasteiger charge is -2.03. The maximum atomic E-state index is 10.8. The summed E-state index contributed by atoms with van der Waals surface area (Å²) < 4.78 is 5.61. The Morgan fingerprint density at radius 3 is 2.79 bits per heavy atom. The number of carboxylic acids is 1. The number of carbonyl (C=O) groups is 1. The Hall–Kier alpha value is -1.72. The van der Waals surface area contributed by atoms with Crippen molar-refractivity contribution in [2.45, 2.75) is 18.9 Å². The van der Waals surface area contributed by atoms with Crippen LogP contribution in [0.2, 0.25) is 0 Å². The van der Waals surface area contributed by atoms with Gasteiger partial charge in [0.15, 0.2) is 0 Å². The second-order valence-corrected chi connectivity index (χ2v) is 5.34. The topological polar surface area (TPSA) is 59.4 Å². The zero-order chi connectivity index (χ0) is 13.2. The highest BCUT2D eigenvalue weighted by Gasteiger charge is 2.21. The van der Waals surface area contributed by atoms with Crippen molar-refractivity contribution in [3.63, 3.8) is 0 Å². The molecule has 2 aromatic rings.